The van der Waals surface area contributed by atoms with Crippen molar-refractivity contribution in [1.29, 1.82) is 0 Å². The molecular weight excluding hydrogens is 454 g/mol. The third-order valence-electron chi connectivity index (χ3n) is 6.67. The number of carbonyl (C=O) groups excluding carboxylic acids is 1. The molecule has 0 bridgehead atoms. The zero-order chi connectivity index (χ0) is 23.5. The fourth-order valence-electron chi connectivity index (χ4n) is 4.86. The Hall–Kier alpha value is -2.75. The van der Waals surface area contributed by atoms with Gasteiger partial charge in [-0.15, -0.1) is 10.2 Å². The predicted molar refractivity (Wildman–Crippen MR) is 130 cm³/mol. The normalized spacial score (nSPS) is 21.7. The maximum atomic E-state index is 12.1. The number of amides is 2. The summed E-state index contributed by atoms with van der Waals surface area (Å²) in [6, 6.07) is 6.37. The standard InChI is InChI=1S/C24H31N5O4S/c1-15-10-11-17-18(13-15)32-24(31)29(17)12-6-5-9-21-28-27-20(33-21)8-4-2-3-7-19-22-16(14-34-19)25-23(30)26-22/h10-11,13,16,19,22H,2-9,12,14H2,1H3,(H2,25,26,30)/t16-,19-,22-/m0/s1. The smallest absolute Gasteiger partial charge is 0.419 e. The molecule has 1 aromatic carbocycles. The van der Waals surface area contributed by atoms with Crippen molar-refractivity contribution in [3.8, 4) is 0 Å². The Balaban J connectivity index is 0.990. The van der Waals surface area contributed by atoms with Crippen LogP contribution in [0.3, 0.4) is 0 Å². The quantitative estimate of drug-likeness (QED) is 0.315. The van der Waals surface area contributed by atoms with Gasteiger partial charge in [-0.1, -0.05) is 18.9 Å². The molecule has 2 aliphatic rings. The van der Waals surface area contributed by atoms with Gasteiger partial charge in [-0.2, -0.15) is 11.8 Å². The lowest BCUT2D eigenvalue weighted by molar-refractivity contribution is 0.247. The molecule has 0 saturated carbocycles. The highest BCUT2D eigenvalue weighted by atomic mass is 32.2. The molecule has 2 aromatic heterocycles. The van der Waals surface area contributed by atoms with Gasteiger partial charge in [-0.3, -0.25) is 4.57 Å². The summed E-state index contributed by atoms with van der Waals surface area (Å²) in [4.78, 5) is 23.6. The SMILES string of the molecule is Cc1ccc2c(c1)oc(=O)n2CCCCc1nnc(CCCCC[C@@H]2SC[C@@H]3NC(=O)N[C@@H]32)o1. The molecule has 0 spiro atoms. The minimum absolute atomic E-state index is 0.0218. The molecule has 3 aromatic rings. The van der Waals surface area contributed by atoms with E-state index in [4.69, 9.17) is 8.83 Å². The number of nitrogens with one attached hydrogen (secondary N) is 2. The zero-order valence-electron chi connectivity index (χ0n) is 19.4. The molecule has 34 heavy (non-hydrogen) atoms. The van der Waals surface area contributed by atoms with Crippen molar-refractivity contribution >= 4 is 28.9 Å². The van der Waals surface area contributed by atoms with Crippen LogP contribution in [-0.2, 0) is 19.4 Å². The molecule has 10 heteroatoms. The summed E-state index contributed by atoms with van der Waals surface area (Å²) in [6.07, 6.45) is 7.59. The zero-order valence-corrected chi connectivity index (χ0v) is 20.2. The Morgan fingerprint density at radius 1 is 1.03 bits per heavy atom. The maximum Gasteiger partial charge on any atom is 0.419 e. The van der Waals surface area contributed by atoms with E-state index in [0.29, 0.717) is 41.6 Å². The highest BCUT2D eigenvalue weighted by molar-refractivity contribution is 8.00. The van der Waals surface area contributed by atoms with Gasteiger partial charge in [-0.05, 0) is 50.3 Å². The van der Waals surface area contributed by atoms with Gasteiger partial charge in [-0.25, -0.2) is 9.59 Å². The van der Waals surface area contributed by atoms with Crippen LogP contribution in [-0.4, -0.2) is 43.9 Å². The molecule has 2 aliphatic heterocycles. The largest absolute Gasteiger partial charge is 0.425 e. The number of benzene rings is 1. The van der Waals surface area contributed by atoms with E-state index in [0.717, 1.165) is 61.8 Å². The summed E-state index contributed by atoms with van der Waals surface area (Å²) >= 11 is 1.96. The number of oxazole rings is 1. The number of fused-ring (bicyclic) bond motifs is 2. The number of thioether (sulfide) groups is 1. The van der Waals surface area contributed by atoms with Crippen molar-refractivity contribution in [3.63, 3.8) is 0 Å². The number of unbranched alkanes of at least 4 members (excludes halogenated alkanes) is 3. The van der Waals surface area contributed by atoms with Crippen molar-refractivity contribution in [1.82, 2.24) is 25.4 Å². The lowest BCUT2D eigenvalue weighted by Crippen LogP contribution is -2.36. The number of urea groups is 1. The Kier molecular flexibility index (Phi) is 6.94. The van der Waals surface area contributed by atoms with Crippen LogP contribution in [0.4, 0.5) is 4.79 Å². The number of hydrogen-bond donors (Lipinski definition) is 2. The molecule has 0 aliphatic carbocycles. The van der Waals surface area contributed by atoms with Gasteiger partial charge in [0.1, 0.15) is 0 Å². The maximum absolute atomic E-state index is 12.1. The molecule has 182 valence electrons. The van der Waals surface area contributed by atoms with E-state index in [1.807, 2.05) is 36.9 Å². The molecule has 2 fully saturated rings. The number of carbonyl (C=O) groups is 1. The Labute approximate surface area is 202 Å². The van der Waals surface area contributed by atoms with Crippen LogP contribution < -0.4 is 16.4 Å². The second kappa shape index (κ2) is 10.2. The van der Waals surface area contributed by atoms with E-state index in [9.17, 15) is 9.59 Å². The van der Waals surface area contributed by atoms with E-state index in [1.54, 1.807) is 4.57 Å². The molecule has 2 N–H and O–H groups in total. The second-order valence-electron chi connectivity index (χ2n) is 9.26. The lowest BCUT2D eigenvalue weighted by Gasteiger charge is -2.16. The first-order valence-electron chi connectivity index (χ1n) is 12.2. The van der Waals surface area contributed by atoms with Gasteiger partial charge in [0.15, 0.2) is 5.58 Å². The van der Waals surface area contributed by atoms with E-state index >= 15 is 0 Å². The molecule has 2 saturated heterocycles. The first-order valence-corrected chi connectivity index (χ1v) is 13.2. The first-order chi connectivity index (χ1) is 16.6. The summed E-state index contributed by atoms with van der Waals surface area (Å²) in [7, 11) is 0. The Bertz CT molecular complexity index is 1200. The number of rotatable bonds is 11. The van der Waals surface area contributed by atoms with Gasteiger partial charge < -0.3 is 19.5 Å². The topological polar surface area (TPSA) is 115 Å². The van der Waals surface area contributed by atoms with Crippen LogP contribution in [0, 0.1) is 6.92 Å². The third-order valence-corrected chi connectivity index (χ3v) is 8.18. The summed E-state index contributed by atoms with van der Waals surface area (Å²) in [6.45, 7) is 2.59. The number of aromatic nitrogens is 3. The summed E-state index contributed by atoms with van der Waals surface area (Å²) in [5.74, 6) is 2.06. The van der Waals surface area contributed by atoms with Gasteiger partial charge in [0.25, 0.3) is 0 Å². The summed E-state index contributed by atoms with van der Waals surface area (Å²) < 4.78 is 12.8. The van der Waals surface area contributed by atoms with Crippen molar-refractivity contribution in [3.05, 3.63) is 46.1 Å². The van der Waals surface area contributed by atoms with Gasteiger partial charge >= 0.3 is 11.8 Å². The molecule has 0 unspecified atom stereocenters. The first kappa shape index (κ1) is 23.0. The van der Waals surface area contributed by atoms with Crippen LogP contribution >= 0.6 is 11.8 Å². The highest BCUT2D eigenvalue weighted by Crippen LogP contribution is 2.33. The lowest BCUT2D eigenvalue weighted by atomic mass is 10.0. The van der Waals surface area contributed by atoms with Gasteiger partial charge in [0.2, 0.25) is 11.8 Å². The monoisotopic (exact) mass is 485 g/mol. The van der Waals surface area contributed by atoms with Crippen LogP contribution in [0.5, 0.6) is 0 Å². The second-order valence-corrected chi connectivity index (χ2v) is 10.5. The third kappa shape index (κ3) is 5.16. The van der Waals surface area contributed by atoms with E-state index in [-0.39, 0.29) is 17.8 Å². The Morgan fingerprint density at radius 3 is 2.65 bits per heavy atom. The van der Waals surface area contributed by atoms with Crippen molar-refractivity contribution in [2.75, 3.05) is 5.75 Å². The van der Waals surface area contributed by atoms with Crippen molar-refractivity contribution in [2.45, 2.75) is 82.2 Å². The summed E-state index contributed by atoms with van der Waals surface area (Å²) in [5, 5.41) is 14.9. The molecule has 2 amide bonds. The Morgan fingerprint density at radius 2 is 1.82 bits per heavy atom. The van der Waals surface area contributed by atoms with Crippen LogP contribution in [0.25, 0.3) is 11.1 Å². The molecule has 3 atom stereocenters. The van der Waals surface area contributed by atoms with Crippen LogP contribution in [0.15, 0.2) is 31.8 Å². The average molecular weight is 486 g/mol. The minimum Gasteiger partial charge on any atom is -0.425 e. The number of nitrogens with zero attached hydrogens (tertiary/aromatic N) is 3. The summed E-state index contributed by atoms with van der Waals surface area (Å²) in [5.41, 5.74) is 2.55. The molecule has 4 heterocycles. The van der Waals surface area contributed by atoms with Crippen molar-refractivity contribution in [2.24, 2.45) is 0 Å². The molecular formula is C24H31N5O4S. The fourth-order valence-corrected chi connectivity index (χ4v) is 6.41. The fraction of sp³-hybridized carbons (Fsp3) is 0.583. The minimum atomic E-state index is -0.309. The molecule has 0 radical (unpaired) electrons. The predicted octanol–water partition coefficient (Wildman–Crippen LogP) is 3.58. The van der Waals surface area contributed by atoms with Crippen LogP contribution in [0.2, 0.25) is 0 Å². The van der Waals surface area contributed by atoms with Gasteiger partial charge in [0, 0.05) is 30.4 Å². The highest BCUT2D eigenvalue weighted by Gasteiger charge is 2.42. The van der Waals surface area contributed by atoms with E-state index in [2.05, 4.69) is 20.8 Å². The van der Waals surface area contributed by atoms with E-state index < -0.39 is 0 Å². The number of aryl methyl sites for hydroxylation is 4. The number of hydrogen-bond acceptors (Lipinski definition) is 7. The van der Waals surface area contributed by atoms with Gasteiger partial charge in [0.05, 0.1) is 17.6 Å². The molecule has 9 nitrogen and oxygen atoms in total. The van der Waals surface area contributed by atoms with E-state index in [1.165, 1.54) is 0 Å². The van der Waals surface area contributed by atoms with Crippen LogP contribution in [0.1, 0.15) is 55.9 Å². The average Bonchev–Trinajstić information content (AvgIpc) is 3.56. The molecule has 5 rings (SSSR count). The van der Waals surface area contributed by atoms with Crippen molar-refractivity contribution < 1.29 is 13.6 Å².